The monoisotopic (exact) mass is 357 g/mol. The number of anilines is 1. The molecule has 1 saturated carbocycles. The van der Waals surface area contributed by atoms with Crippen LogP contribution in [-0.2, 0) is 9.59 Å². The molecule has 1 amide bonds. The van der Waals surface area contributed by atoms with Gasteiger partial charge in [-0.3, -0.25) is 9.59 Å². The number of carboxylic acids is 1. The van der Waals surface area contributed by atoms with Crippen molar-refractivity contribution >= 4 is 33.5 Å². The van der Waals surface area contributed by atoms with Gasteiger partial charge in [0.2, 0.25) is 5.91 Å². The second kappa shape index (κ2) is 6.56. The van der Waals surface area contributed by atoms with E-state index in [0.717, 1.165) is 6.42 Å². The molecule has 3 unspecified atom stereocenters. The average molecular weight is 358 g/mol. The fraction of sp³-hybridized carbons (Fsp3) is 0.467. The highest BCUT2D eigenvalue weighted by atomic mass is 79.9. The maximum absolute atomic E-state index is 13.2. The third-order valence-corrected chi connectivity index (χ3v) is 4.69. The molecule has 2 rings (SSSR count). The molecule has 2 N–H and O–H groups in total. The van der Waals surface area contributed by atoms with Crippen LogP contribution in [0, 0.1) is 23.6 Å². The van der Waals surface area contributed by atoms with Crippen LogP contribution < -0.4 is 5.32 Å². The van der Waals surface area contributed by atoms with Crippen LogP contribution in [0.15, 0.2) is 22.7 Å². The molecule has 6 heteroatoms. The molecule has 0 radical (unpaired) electrons. The van der Waals surface area contributed by atoms with Crippen molar-refractivity contribution in [1.29, 1.82) is 0 Å². The highest BCUT2D eigenvalue weighted by Gasteiger charge is 2.42. The maximum atomic E-state index is 13.2. The summed E-state index contributed by atoms with van der Waals surface area (Å²) >= 11 is 3.05. The zero-order valence-electron chi connectivity index (χ0n) is 11.6. The predicted molar refractivity (Wildman–Crippen MR) is 80.4 cm³/mol. The van der Waals surface area contributed by atoms with Crippen molar-refractivity contribution in [3.63, 3.8) is 0 Å². The van der Waals surface area contributed by atoms with E-state index in [1.165, 1.54) is 18.2 Å². The van der Waals surface area contributed by atoms with Crippen LogP contribution in [0.4, 0.5) is 10.1 Å². The molecule has 21 heavy (non-hydrogen) atoms. The molecule has 0 aliphatic heterocycles. The number of hydrogen-bond acceptors (Lipinski definition) is 2. The third-order valence-electron chi connectivity index (χ3n) is 4.08. The zero-order chi connectivity index (χ0) is 15.6. The van der Waals surface area contributed by atoms with Crippen molar-refractivity contribution in [2.75, 3.05) is 5.32 Å². The van der Waals surface area contributed by atoms with Gasteiger partial charge in [0, 0.05) is 5.69 Å². The van der Waals surface area contributed by atoms with Gasteiger partial charge >= 0.3 is 5.97 Å². The molecule has 0 bridgehead atoms. The summed E-state index contributed by atoms with van der Waals surface area (Å²) in [5.41, 5.74) is 0.456. The highest BCUT2D eigenvalue weighted by molar-refractivity contribution is 9.10. The highest BCUT2D eigenvalue weighted by Crippen LogP contribution is 2.39. The van der Waals surface area contributed by atoms with E-state index in [-0.39, 0.29) is 16.3 Å². The Morgan fingerprint density at radius 1 is 1.38 bits per heavy atom. The average Bonchev–Trinajstić information content (AvgIpc) is 2.87. The zero-order valence-corrected chi connectivity index (χ0v) is 13.2. The maximum Gasteiger partial charge on any atom is 0.307 e. The van der Waals surface area contributed by atoms with Crippen molar-refractivity contribution in [1.82, 2.24) is 0 Å². The van der Waals surface area contributed by atoms with Gasteiger partial charge in [0.05, 0.1) is 16.3 Å². The van der Waals surface area contributed by atoms with Crippen LogP contribution in [-0.4, -0.2) is 17.0 Å². The van der Waals surface area contributed by atoms with E-state index in [9.17, 15) is 19.1 Å². The van der Waals surface area contributed by atoms with E-state index >= 15 is 0 Å². The lowest BCUT2D eigenvalue weighted by Gasteiger charge is -2.15. The summed E-state index contributed by atoms with van der Waals surface area (Å²) in [4.78, 5) is 23.6. The first-order valence-corrected chi connectivity index (χ1v) is 7.70. The Kier molecular flexibility index (Phi) is 4.98. The topological polar surface area (TPSA) is 66.4 Å². The molecule has 0 saturated heterocycles. The minimum Gasteiger partial charge on any atom is -0.481 e. The van der Waals surface area contributed by atoms with Gasteiger partial charge in [-0.25, -0.2) is 4.39 Å². The van der Waals surface area contributed by atoms with Crippen molar-refractivity contribution in [3.8, 4) is 0 Å². The molecule has 1 aliphatic carbocycles. The fourth-order valence-electron chi connectivity index (χ4n) is 2.85. The van der Waals surface area contributed by atoms with Crippen LogP contribution in [0.2, 0.25) is 0 Å². The number of rotatable bonds is 4. The van der Waals surface area contributed by atoms with Gasteiger partial charge in [0.1, 0.15) is 5.82 Å². The molecule has 0 heterocycles. The number of carbonyl (C=O) groups is 2. The molecular weight excluding hydrogens is 341 g/mol. The molecule has 114 valence electrons. The number of benzene rings is 1. The Morgan fingerprint density at radius 3 is 2.62 bits per heavy atom. The fourth-order valence-corrected chi connectivity index (χ4v) is 3.23. The molecule has 1 fully saturated rings. The predicted octanol–water partition coefficient (Wildman–Crippen LogP) is 3.66. The number of nitrogens with one attached hydrogen (secondary N) is 1. The van der Waals surface area contributed by atoms with Crippen LogP contribution in [0.25, 0.3) is 0 Å². The second-order valence-electron chi connectivity index (χ2n) is 5.42. The van der Waals surface area contributed by atoms with Crippen LogP contribution in [0.1, 0.15) is 26.2 Å². The number of carboxylic acid groups (broad SMARTS) is 1. The summed E-state index contributed by atoms with van der Waals surface area (Å²) < 4.78 is 13.4. The van der Waals surface area contributed by atoms with Gasteiger partial charge in [-0.05, 0) is 52.9 Å². The minimum atomic E-state index is -0.925. The first kappa shape index (κ1) is 15.9. The molecule has 4 nitrogen and oxygen atoms in total. The van der Waals surface area contributed by atoms with E-state index in [1.807, 2.05) is 6.92 Å². The van der Waals surface area contributed by atoms with Crippen LogP contribution in [0.5, 0.6) is 0 Å². The van der Waals surface area contributed by atoms with E-state index in [2.05, 4.69) is 21.2 Å². The largest absolute Gasteiger partial charge is 0.481 e. The number of hydrogen-bond donors (Lipinski definition) is 2. The Balaban J connectivity index is 2.11. The Morgan fingerprint density at radius 2 is 2.05 bits per heavy atom. The van der Waals surface area contributed by atoms with E-state index in [0.29, 0.717) is 18.5 Å². The van der Waals surface area contributed by atoms with Gasteiger partial charge in [0.15, 0.2) is 0 Å². The number of carbonyl (C=O) groups excluding carboxylic acids is 1. The van der Waals surface area contributed by atoms with E-state index < -0.39 is 23.6 Å². The molecule has 1 aromatic carbocycles. The first-order valence-electron chi connectivity index (χ1n) is 6.91. The second-order valence-corrected chi connectivity index (χ2v) is 6.27. The Bertz CT molecular complexity index is 564. The van der Waals surface area contributed by atoms with Crippen molar-refractivity contribution in [2.24, 2.45) is 17.8 Å². The molecule has 1 aromatic rings. The van der Waals surface area contributed by atoms with Crippen LogP contribution in [0.3, 0.4) is 0 Å². The first-order chi connectivity index (χ1) is 9.92. The van der Waals surface area contributed by atoms with Crippen molar-refractivity contribution in [2.45, 2.75) is 26.2 Å². The molecule has 1 aliphatic rings. The van der Waals surface area contributed by atoms with Gasteiger partial charge < -0.3 is 10.4 Å². The molecule has 0 aromatic heterocycles. The lowest BCUT2D eigenvalue weighted by molar-refractivity contribution is -0.145. The number of amides is 1. The van der Waals surface area contributed by atoms with Gasteiger partial charge in [-0.1, -0.05) is 13.3 Å². The smallest absolute Gasteiger partial charge is 0.307 e. The van der Waals surface area contributed by atoms with Gasteiger partial charge in [-0.2, -0.15) is 0 Å². The summed E-state index contributed by atoms with van der Waals surface area (Å²) in [7, 11) is 0. The summed E-state index contributed by atoms with van der Waals surface area (Å²) in [6, 6.07) is 4.17. The SMILES string of the molecule is CCC1CC(C(=O)O)C(C(=O)Nc2ccc(F)c(Br)c2)C1. The lowest BCUT2D eigenvalue weighted by atomic mass is 9.95. The number of aliphatic carboxylic acids is 1. The molecular formula is C15H17BrFNO3. The third kappa shape index (κ3) is 3.61. The van der Waals surface area contributed by atoms with Crippen molar-refractivity contribution < 1.29 is 19.1 Å². The Labute approximate surface area is 130 Å². The normalized spacial score (nSPS) is 24.8. The Hall–Kier alpha value is -1.43. The molecule has 0 spiro atoms. The number of halogens is 2. The molecule has 3 atom stereocenters. The van der Waals surface area contributed by atoms with E-state index in [4.69, 9.17) is 0 Å². The summed E-state index contributed by atoms with van der Waals surface area (Å²) in [5, 5.41) is 11.9. The quantitative estimate of drug-likeness (QED) is 0.863. The lowest BCUT2D eigenvalue weighted by Crippen LogP contribution is -2.30. The minimum absolute atomic E-state index is 0.257. The van der Waals surface area contributed by atoms with Crippen LogP contribution >= 0.6 is 15.9 Å². The van der Waals surface area contributed by atoms with Gasteiger partial charge in [-0.15, -0.1) is 0 Å². The van der Waals surface area contributed by atoms with Crippen molar-refractivity contribution in [3.05, 3.63) is 28.5 Å². The summed E-state index contributed by atoms with van der Waals surface area (Å²) in [6.45, 7) is 2.00. The summed E-state index contributed by atoms with van der Waals surface area (Å²) in [5.74, 6) is -2.55. The summed E-state index contributed by atoms with van der Waals surface area (Å²) in [6.07, 6.45) is 1.99. The van der Waals surface area contributed by atoms with Gasteiger partial charge in [0.25, 0.3) is 0 Å². The van der Waals surface area contributed by atoms with E-state index in [1.54, 1.807) is 0 Å². The standard InChI is InChI=1S/C15H17BrFNO3/c1-2-8-5-10(11(6-8)15(20)21)14(19)18-9-3-4-13(17)12(16)7-9/h3-4,7-8,10-11H,2,5-6H2,1H3,(H,18,19)(H,20,21).